The van der Waals surface area contributed by atoms with Crippen LogP contribution in [0.2, 0.25) is 0 Å². The Hall–Kier alpha value is -2.54. The zero-order chi connectivity index (χ0) is 14.7. The first-order chi connectivity index (χ1) is 10.2. The molecular formula is C14H12N4O2S. The van der Waals surface area contributed by atoms with Gasteiger partial charge in [-0.05, 0) is 31.2 Å². The van der Waals surface area contributed by atoms with Crippen LogP contribution in [-0.4, -0.2) is 21.1 Å². The molecule has 1 amide bonds. The number of carbonyl (C=O) groups excluding carboxylic acids is 1. The third-order valence-electron chi connectivity index (χ3n) is 2.77. The average Bonchev–Trinajstić information content (AvgIpc) is 3.16. The van der Waals surface area contributed by atoms with Gasteiger partial charge in [0.2, 0.25) is 5.13 Å². The van der Waals surface area contributed by atoms with E-state index in [9.17, 15) is 4.79 Å². The van der Waals surface area contributed by atoms with E-state index in [4.69, 9.17) is 4.42 Å². The molecule has 0 radical (unpaired) electrons. The van der Waals surface area contributed by atoms with Gasteiger partial charge in [0.25, 0.3) is 5.91 Å². The average molecular weight is 300 g/mol. The maximum absolute atomic E-state index is 12.6. The number of carbonyl (C=O) groups is 1. The van der Waals surface area contributed by atoms with Crippen molar-refractivity contribution in [1.82, 2.24) is 15.2 Å². The maximum atomic E-state index is 12.6. The molecule has 0 unspecified atom stereocenters. The van der Waals surface area contributed by atoms with Crippen molar-refractivity contribution in [2.75, 3.05) is 4.90 Å². The Labute approximate surface area is 125 Å². The van der Waals surface area contributed by atoms with E-state index in [1.165, 1.54) is 16.2 Å². The lowest BCUT2D eigenvalue weighted by Crippen LogP contribution is -2.30. The van der Waals surface area contributed by atoms with Crippen LogP contribution in [0.5, 0.6) is 0 Å². The van der Waals surface area contributed by atoms with Gasteiger partial charge in [0.05, 0.1) is 12.8 Å². The molecule has 0 aliphatic heterocycles. The minimum atomic E-state index is -0.233. The Morgan fingerprint density at radius 1 is 1.29 bits per heavy atom. The molecule has 106 valence electrons. The Kier molecular flexibility index (Phi) is 3.74. The molecule has 3 aromatic heterocycles. The van der Waals surface area contributed by atoms with E-state index < -0.39 is 0 Å². The van der Waals surface area contributed by atoms with Crippen LogP contribution in [0.15, 0.2) is 47.2 Å². The molecule has 0 spiro atoms. The van der Waals surface area contributed by atoms with Crippen LogP contribution < -0.4 is 4.90 Å². The predicted octanol–water partition coefficient (Wildman–Crippen LogP) is 2.68. The quantitative estimate of drug-likeness (QED) is 0.740. The van der Waals surface area contributed by atoms with Crippen molar-refractivity contribution in [2.45, 2.75) is 13.5 Å². The predicted molar refractivity (Wildman–Crippen MR) is 78.1 cm³/mol. The van der Waals surface area contributed by atoms with Gasteiger partial charge in [-0.15, -0.1) is 10.2 Å². The molecule has 0 saturated carbocycles. The van der Waals surface area contributed by atoms with Crippen LogP contribution in [-0.2, 0) is 6.54 Å². The number of amides is 1. The fourth-order valence-electron chi connectivity index (χ4n) is 1.81. The summed E-state index contributed by atoms with van der Waals surface area (Å²) < 4.78 is 5.32. The van der Waals surface area contributed by atoms with Crippen LogP contribution in [0.1, 0.15) is 21.3 Å². The van der Waals surface area contributed by atoms with Crippen molar-refractivity contribution in [3.63, 3.8) is 0 Å². The summed E-state index contributed by atoms with van der Waals surface area (Å²) in [6, 6.07) is 8.81. The molecule has 0 atom stereocenters. The third kappa shape index (κ3) is 2.97. The number of furan rings is 1. The van der Waals surface area contributed by atoms with Gasteiger partial charge >= 0.3 is 0 Å². The highest BCUT2D eigenvalue weighted by Crippen LogP contribution is 2.23. The van der Waals surface area contributed by atoms with Crippen LogP contribution in [0.25, 0.3) is 0 Å². The highest BCUT2D eigenvalue weighted by molar-refractivity contribution is 7.15. The molecule has 3 heterocycles. The van der Waals surface area contributed by atoms with Gasteiger partial charge in [0.1, 0.15) is 16.5 Å². The molecular weight excluding hydrogens is 288 g/mol. The first kappa shape index (κ1) is 13.4. The molecule has 3 aromatic rings. The van der Waals surface area contributed by atoms with Gasteiger partial charge < -0.3 is 4.42 Å². The highest BCUT2D eigenvalue weighted by atomic mass is 32.1. The molecule has 0 aromatic carbocycles. The van der Waals surface area contributed by atoms with Gasteiger partial charge in [-0.2, -0.15) is 0 Å². The fraction of sp³-hybridized carbons (Fsp3) is 0.143. The van der Waals surface area contributed by atoms with E-state index in [-0.39, 0.29) is 12.5 Å². The lowest BCUT2D eigenvalue weighted by Gasteiger charge is -2.17. The Bertz CT molecular complexity index is 725. The first-order valence-electron chi connectivity index (χ1n) is 6.29. The van der Waals surface area contributed by atoms with Crippen molar-refractivity contribution in [1.29, 1.82) is 0 Å². The maximum Gasteiger partial charge on any atom is 0.279 e. The SMILES string of the molecule is Cc1nnc(N(Cc2ccco2)C(=O)c2ccccn2)s1. The standard InChI is InChI=1S/C14H12N4O2S/c1-10-16-17-14(21-10)18(9-11-5-4-8-20-11)13(19)12-6-2-3-7-15-12/h2-8H,9H2,1H3. The van der Waals surface area contributed by atoms with E-state index >= 15 is 0 Å². The van der Waals surface area contributed by atoms with Crippen molar-refractivity contribution in [3.05, 3.63) is 59.3 Å². The lowest BCUT2D eigenvalue weighted by atomic mass is 10.3. The van der Waals surface area contributed by atoms with Crippen molar-refractivity contribution in [3.8, 4) is 0 Å². The summed E-state index contributed by atoms with van der Waals surface area (Å²) in [7, 11) is 0. The summed E-state index contributed by atoms with van der Waals surface area (Å²) in [5.74, 6) is 0.440. The Morgan fingerprint density at radius 2 is 2.19 bits per heavy atom. The molecule has 6 nitrogen and oxygen atoms in total. The molecule has 21 heavy (non-hydrogen) atoms. The van der Waals surface area contributed by atoms with E-state index in [1.54, 1.807) is 36.7 Å². The Balaban J connectivity index is 1.94. The van der Waals surface area contributed by atoms with E-state index in [1.807, 2.05) is 13.0 Å². The summed E-state index contributed by atoms with van der Waals surface area (Å²) >= 11 is 1.35. The third-order valence-corrected chi connectivity index (χ3v) is 3.63. The topological polar surface area (TPSA) is 72.1 Å². The van der Waals surface area contributed by atoms with E-state index in [0.717, 1.165) is 5.01 Å². The molecule has 3 rings (SSSR count). The monoisotopic (exact) mass is 300 g/mol. The van der Waals surface area contributed by atoms with Crippen molar-refractivity contribution < 1.29 is 9.21 Å². The van der Waals surface area contributed by atoms with Crippen LogP contribution in [0.4, 0.5) is 5.13 Å². The second-order valence-corrected chi connectivity index (χ2v) is 5.45. The summed E-state index contributed by atoms with van der Waals surface area (Å²) in [5.41, 5.74) is 0.358. The molecule has 0 bridgehead atoms. The molecule has 0 aliphatic carbocycles. The van der Waals surface area contributed by atoms with Gasteiger partial charge in [-0.3, -0.25) is 14.7 Å². The van der Waals surface area contributed by atoms with Gasteiger partial charge in [-0.25, -0.2) is 0 Å². The number of hydrogen-bond donors (Lipinski definition) is 0. The highest BCUT2D eigenvalue weighted by Gasteiger charge is 2.23. The second kappa shape index (κ2) is 5.84. The van der Waals surface area contributed by atoms with Gasteiger partial charge in [0.15, 0.2) is 0 Å². The largest absolute Gasteiger partial charge is 0.467 e. The summed E-state index contributed by atoms with van der Waals surface area (Å²) in [6.45, 7) is 2.13. The number of pyridine rings is 1. The lowest BCUT2D eigenvalue weighted by molar-refractivity contribution is 0.0978. The summed E-state index contributed by atoms with van der Waals surface area (Å²) in [5, 5.41) is 9.34. The molecule has 0 N–H and O–H groups in total. The van der Waals surface area contributed by atoms with Crippen molar-refractivity contribution in [2.24, 2.45) is 0 Å². The summed E-state index contributed by atoms with van der Waals surface area (Å²) in [6.07, 6.45) is 3.16. The first-order valence-corrected chi connectivity index (χ1v) is 7.11. The number of anilines is 1. The Morgan fingerprint density at radius 3 is 2.81 bits per heavy atom. The summed E-state index contributed by atoms with van der Waals surface area (Å²) in [4.78, 5) is 18.3. The number of rotatable bonds is 4. The van der Waals surface area contributed by atoms with Gasteiger partial charge in [-0.1, -0.05) is 17.4 Å². The van der Waals surface area contributed by atoms with E-state index in [0.29, 0.717) is 16.6 Å². The molecule has 7 heteroatoms. The van der Waals surface area contributed by atoms with Crippen LogP contribution in [0.3, 0.4) is 0 Å². The normalized spacial score (nSPS) is 10.5. The number of nitrogens with zero attached hydrogens (tertiary/aromatic N) is 4. The molecule has 0 aliphatic rings. The number of aromatic nitrogens is 3. The smallest absolute Gasteiger partial charge is 0.279 e. The zero-order valence-electron chi connectivity index (χ0n) is 11.3. The number of aryl methyl sites for hydroxylation is 1. The van der Waals surface area contributed by atoms with Crippen LogP contribution in [0, 0.1) is 6.92 Å². The minimum absolute atomic E-state index is 0.233. The van der Waals surface area contributed by atoms with E-state index in [2.05, 4.69) is 15.2 Å². The number of hydrogen-bond acceptors (Lipinski definition) is 6. The van der Waals surface area contributed by atoms with Gasteiger partial charge in [0, 0.05) is 6.20 Å². The minimum Gasteiger partial charge on any atom is -0.467 e. The second-order valence-electron chi connectivity index (χ2n) is 4.29. The van der Waals surface area contributed by atoms with Crippen molar-refractivity contribution >= 4 is 22.4 Å². The van der Waals surface area contributed by atoms with Crippen LogP contribution >= 0.6 is 11.3 Å². The fourth-order valence-corrected chi connectivity index (χ4v) is 2.49. The zero-order valence-corrected chi connectivity index (χ0v) is 12.1. The molecule has 0 fully saturated rings. The molecule has 0 saturated heterocycles.